The van der Waals surface area contributed by atoms with E-state index in [1.807, 2.05) is 0 Å². The van der Waals surface area contributed by atoms with Crippen LogP contribution >= 0.6 is 0 Å². The number of nitrogens with one attached hydrogen (secondary N) is 2. The van der Waals surface area contributed by atoms with Gasteiger partial charge in [0, 0.05) is 0 Å². The smallest absolute Gasteiger partial charge is 0.323 e. The van der Waals surface area contributed by atoms with Crippen molar-refractivity contribution in [3.05, 3.63) is 58.4 Å². The van der Waals surface area contributed by atoms with E-state index in [1.165, 1.54) is 6.26 Å². The molecule has 0 bridgehead atoms. The van der Waals surface area contributed by atoms with Gasteiger partial charge in [0.1, 0.15) is 11.9 Å². The molecule has 1 unspecified atom stereocenters. The van der Waals surface area contributed by atoms with Gasteiger partial charge in [-0.05, 0) is 29.8 Å². The minimum absolute atomic E-state index is 0.260. The molecule has 86 valence electrons. The number of hydrogen-bond acceptors (Lipinski definition) is 3. The zero-order valence-electron chi connectivity index (χ0n) is 8.81. The van der Waals surface area contributed by atoms with Crippen LogP contribution in [0.5, 0.6) is 0 Å². The van der Waals surface area contributed by atoms with E-state index in [-0.39, 0.29) is 5.69 Å². The lowest BCUT2D eigenvalue weighted by molar-refractivity contribution is 0.189. The molecule has 0 aliphatic heterocycles. The molecule has 0 saturated carbocycles. The standard InChI is InChI=1S/C12H10N2O3/c15-11(10-2-1-5-17-10)7-3-4-8-9(6-7)14-12(16)13-8/h1-6,11,15H,(H2,13,14,16). The van der Waals surface area contributed by atoms with Crippen molar-refractivity contribution in [2.24, 2.45) is 0 Å². The Morgan fingerprint density at radius 1 is 1.18 bits per heavy atom. The molecule has 5 heteroatoms. The molecule has 3 rings (SSSR count). The number of H-pyrrole nitrogens is 2. The van der Waals surface area contributed by atoms with E-state index in [9.17, 15) is 9.90 Å². The molecule has 1 aromatic carbocycles. The molecule has 2 heterocycles. The van der Waals surface area contributed by atoms with E-state index in [4.69, 9.17) is 4.42 Å². The average Bonchev–Trinajstić information content (AvgIpc) is 2.94. The first-order chi connectivity index (χ1) is 8.24. The number of aliphatic hydroxyl groups is 1. The molecular formula is C12H10N2O3. The van der Waals surface area contributed by atoms with Crippen LogP contribution in [0, 0.1) is 0 Å². The summed E-state index contributed by atoms with van der Waals surface area (Å²) >= 11 is 0. The van der Waals surface area contributed by atoms with Gasteiger partial charge in [0.05, 0.1) is 17.3 Å². The van der Waals surface area contributed by atoms with Crippen LogP contribution in [0.15, 0.2) is 45.8 Å². The predicted molar refractivity (Wildman–Crippen MR) is 61.7 cm³/mol. The number of aliphatic hydroxyl groups excluding tert-OH is 1. The molecule has 0 saturated heterocycles. The highest BCUT2D eigenvalue weighted by molar-refractivity contribution is 5.75. The first-order valence-electron chi connectivity index (χ1n) is 5.17. The Morgan fingerprint density at radius 3 is 2.76 bits per heavy atom. The van der Waals surface area contributed by atoms with Gasteiger partial charge in [-0.1, -0.05) is 6.07 Å². The highest BCUT2D eigenvalue weighted by Gasteiger charge is 2.13. The van der Waals surface area contributed by atoms with Crippen molar-refractivity contribution in [3.63, 3.8) is 0 Å². The van der Waals surface area contributed by atoms with Gasteiger partial charge in [-0.25, -0.2) is 4.79 Å². The third-order valence-corrected chi connectivity index (χ3v) is 2.67. The number of aromatic nitrogens is 2. The molecule has 3 N–H and O–H groups in total. The number of aromatic amines is 2. The van der Waals surface area contributed by atoms with Crippen molar-refractivity contribution in [3.8, 4) is 0 Å². The van der Waals surface area contributed by atoms with Crippen LogP contribution in [0.3, 0.4) is 0 Å². The molecule has 1 atom stereocenters. The van der Waals surface area contributed by atoms with Crippen LogP contribution in [0.25, 0.3) is 11.0 Å². The van der Waals surface area contributed by atoms with Gasteiger partial charge in [-0.2, -0.15) is 0 Å². The maximum atomic E-state index is 11.1. The normalized spacial score (nSPS) is 13.0. The molecule has 0 amide bonds. The molecule has 0 aliphatic carbocycles. The zero-order chi connectivity index (χ0) is 11.8. The first kappa shape index (κ1) is 9.92. The van der Waals surface area contributed by atoms with Gasteiger partial charge < -0.3 is 19.5 Å². The van der Waals surface area contributed by atoms with Crippen molar-refractivity contribution in [2.45, 2.75) is 6.10 Å². The first-order valence-corrected chi connectivity index (χ1v) is 5.17. The van der Waals surface area contributed by atoms with Crippen LogP contribution in [-0.2, 0) is 0 Å². The third kappa shape index (κ3) is 1.66. The van der Waals surface area contributed by atoms with Gasteiger partial charge >= 0.3 is 5.69 Å². The lowest BCUT2D eigenvalue weighted by Gasteiger charge is -2.07. The van der Waals surface area contributed by atoms with Gasteiger partial charge in [0.25, 0.3) is 0 Å². The Labute approximate surface area is 95.7 Å². The Hall–Kier alpha value is -2.27. The van der Waals surface area contributed by atoms with E-state index in [0.29, 0.717) is 22.4 Å². The Bertz CT molecular complexity index is 694. The van der Waals surface area contributed by atoms with Gasteiger partial charge in [-0.3, -0.25) is 0 Å². The minimum Gasteiger partial charge on any atom is -0.466 e. The molecule has 3 aromatic rings. The fourth-order valence-corrected chi connectivity index (χ4v) is 1.83. The lowest BCUT2D eigenvalue weighted by Crippen LogP contribution is -1.99. The molecule has 17 heavy (non-hydrogen) atoms. The van der Waals surface area contributed by atoms with E-state index in [2.05, 4.69) is 9.97 Å². The summed E-state index contributed by atoms with van der Waals surface area (Å²) in [6.45, 7) is 0. The number of imidazole rings is 1. The highest BCUT2D eigenvalue weighted by atomic mass is 16.4. The Kier molecular flexibility index (Phi) is 2.12. The van der Waals surface area contributed by atoms with E-state index >= 15 is 0 Å². The average molecular weight is 230 g/mol. The van der Waals surface area contributed by atoms with Crippen LogP contribution in [-0.4, -0.2) is 15.1 Å². The van der Waals surface area contributed by atoms with E-state index < -0.39 is 6.10 Å². The minimum atomic E-state index is -0.826. The highest BCUT2D eigenvalue weighted by Crippen LogP contribution is 2.23. The second kappa shape index (κ2) is 3.64. The van der Waals surface area contributed by atoms with E-state index in [1.54, 1.807) is 30.3 Å². The Morgan fingerprint density at radius 2 is 2.00 bits per heavy atom. The number of benzene rings is 1. The largest absolute Gasteiger partial charge is 0.466 e. The summed E-state index contributed by atoms with van der Waals surface area (Å²) in [4.78, 5) is 16.4. The van der Waals surface area contributed by atoms with Crippen LogP contribution in [0.1, 0.15) is 17.4 Å². The molecule has 5 nitrogen and oxygen atoms in total. The maximum Gasteiger partial charge on any atom is 0.323 e. The molecule has 0 fully saturated rings. The van der Waals surface area contributed by atoms with Crippen LogP contribution in [0.2, 0.25) is 0 Å². The summed E-state index contributed by atoms with van der Waals surface area (Å²) in [5, 5.41) is 10.1. The molecule has 0 radical (unpaired) electrons. The van der Waals surface area contributed by atoms with Gasteiger partial charge in [0.2, 0.25) is 0 Å². The summed E-state index contributed by atoms with van der Waals surface area (Å²) in [5.41, 5.74) is 1.79. The number of furan rings is 1. The summed E-state index contributed by atoms with van der Waals surface area (Å²) in [7, 11) is 0. The SMILES string of the molecule is O=c1[nH]c2ccc(C(O)c3ccco3)cc2[nH]1. The second-order valence-corrected chi connectivity index (χ2v) is 3.80. The molecule has 2 aromatic heterocycles. The predicted octanol–water partition coefficient (Wildman–Crippen LogP) is 1.53. The molecule has 0 spiro atoms. The number of fused-ring (bicyclic) bond motifs is 1. The zero-order valence-corrected chi connectivity index (χ0v) is 8.81. The topological polar surface area (TPSA) is 82.0 Å². The lowest BCUT2D eigenvalue weighted by atomic mass is 10.1. The van der Waals surface area contributed by atoms with Gasteiger partial charge in [0.15, 0.2) is 0 Å². The summed E-state index contributed by atoms with van der Waals surface area (Å²) < 4.78 is 5.14. The molecular weight excluding hydrogens is 220 g/mol. The van der Waals surface area contributed by atoms with Crippen LogP contribution < -0.4 is 5.69 Å². The fraction of sp³-hybridized carbons (Fsp3) is 0.0833. The van der Waals surface area contributed by atoms with Crippen molar-refractivity contribution in [1.29, 1.82) is 0 Å². The van der Waals surface area contributed by atoms with Crippen LogP contribution in [0.4, 0.5) is 0 Å². The van der Waals surface area contributed by atoms with Crippen molar-refractivity contribution >= 4 is 11.0 Å². The number of hydrogen-bond donors (Lipinski definition) is 3. The maximum absolute atomic E-state index is 11.1. The van der Waals surface area contributed by atoms with Crippen molar-refractivity contribution < 1.29 is 9.52 Å². The fourth-order valence-electron chi connectivity index (χ4n) is 1.83. The summed E-state index contributed by atoms with van der Waals surface area (Å²) in [6, 6.07) is 8.64. The van der Waals surface area contributed by atoms with Crippen molar-refractivity contribution in [2.75, 3.05) is 0 Å². The second-order valence-electron chi connectivity index (χ2n) is 3.80. The van der Waals surface area contributed by atoms with E-state index in [0.717, 1.165) is 0 Å². The van der Waals surface area contributed by atoms with Gasteiger partial charge in [-0.15, -0.1) is 0 Å². The summed E-state index contributed by atoms with van der Waals surface area (Å²) in [6.07, 6.45) is 0.683. The summed E-state index contributed by atoms with van der Waals surface area (Å²) in [5.74, 6) is 0.474. The Balaban J connectivity index is 2.08. The monoisotopic (exact) mass is 230 g/mol. The quantitative estimate of drug-likeness (QED) is 0.624. The molecule has 0 aliphatic rings. The third-order valence-electron chi connectivity index (χ3n) is 2.67. The van der Waals surface area contributed by atoms with Crippen molar-refractivity contribution in [1.82, 2.24) is 9.97 Å². The number of rotatable bonds is 2.